The number of carbonyl (C=O) groups excluding carboxylic acids is 1. The van der Waals surface area contributed by atoms with Crippen molar-refractivity contribution in [3.8, 4) is 0 Å². The van der Waals surface area contributed by atoms with Crippen molar-refractivity contribution in [3.63, 3.8) is 0 Å². The van der Waals surface area contributed by atoms with E-state index in [-0.39, 0.29) is 17.3 Å². The first-order valence-electron chi connectivity index (χ1n) is 8.86. The lowest BCUT2D eigenvalue weighted by molar-refractivity contribution is -0.383. The van der Waals surface area contributed by atoms with Crippen LogP contribution in [0.15, 0.2) is 47.5 Å². The lowest BCUT2D eigenvalue weighted by Gasteiger charge is -2.14. The van der Waals surface area contributed by atoms with Crippen LogP contribution in [0.4, 0.5) is 11.4 Å². The second-order valence-corrected chi connectivity index (χ2v) is 8.14. The number of anilines is 1. The Morgan fingerprint density at radius 1 is 1.14 bits per heavy atom. The molecule has 0 aliphatic heterocycles. The zero-order chi connectivity index (χ0) is 20.4. The third-order valence-electron chi connectivity index (χ3n) is 4.46. The van der Waals surface area contributed by atoms with Gasteiger partial charge in [0, 0.05) is 11.5 Å². The highest BCUT2D eigenvalue weighted by molar-refractivity contribution is 8.00. The van der Waals surface area contributed by atoms with Crippen LogP contribution in [-0.4, -0.2) is 21.1 Å². The summed E-state index contributed by atoms with van der Waals surface area (Å²) >= 11 is 1.33. The Balaban J connectivity index is 1.82. The van der Waals surface area contributed by atoms with Crippen molar-refractivity contribution in [1.29, 1.82) is 0 Å². The van der Waals surface area contributed by atoms with Gasteiger partial charge >= 0.3 is 0 Å². The first kappa shape index (κ1) is 19.8. The quantitative estimate of drug-likeness (QED) is 0.365. The highest BCUT2D eigenvalue weighted by Gasteiger charge is 2.20. The van der Waals surface area contributed by atoms with E-state index in [2.05, 4.69) is 24.4 Å². The molecular formula is C21H21N3O3S. The highest BCUT2D eigenvalue weighted by atomic mass is 32.2. The van der Waals surface area contributed by atoms with Gasteiger partial charge in [-0.05, 0) is 57.0 Å². The van der Waals surface area contributed by atoms with E-state index in [0.717, 1.165) is 27.1 Å². The number of benzene rings is 2. The number of para-hydroxylation sites is 2. The van der Waals surface area contributed by atoms with Gasteiger partial charge < -0.3 is 5.32 Å². The molecule has 3 aromatic rings. The molecule has 1 aromatic heterocycles. The Kier molecular flexibility index (Phi) is 5.65. The molecule has 1 atom stereocenters. The Labute approximate surface area is 167 Å². The molecule has 0 saturated carbocycles. The monoisotopic (exact) mass is 395 g/mol. The number of thioether (sulfide) groups is 1. The first-order chi connectivity index (χ1) is 13.3. The van der Waals surface area contributed by atoms with Crippen LogP contribution in [0.5, 0.6) is 0 Å². The van der Waals surface area contributed by atoms with Crippen molar-refractivity contribution >= 4 is 39.9 Å². The Morgan fingerprint density at radius 3 is 2.57 bits per heavy atom. The van der Waals surface area contributed by atoms with Crippen molar-refractivity contribution in [2.24, 2.45) is 0 Å². The maximum Gasteiger partial charge on any atom is 0.292 e. The first-order valence-corrected chi connectivity index (χ1v) is 9.73. The fourth-order valence-corrected chi connectivity index (χ4v) is 4.00. The molecule has 6 nitrogen and oxygen atoms in total. The van der Waals surface area contributed by atoms with Gasteiger partial charge in [0.2, 0.25) is 5.91 Å². The molecule has 0 saturated heterocycles. The summed E-state index contributed by atoms with van der Waals surface area (Å²) < 4.78 is 0. The van der Waals surface area contributed by atoms with Crippen molar-refractivity contribution in [2.75, 3.05) is 5.32 Å². The van der Waals surface area contributed by atoms with Gasteiger partial charge in [-0.15, -0.1) is 0 Å². The molecule has 28 heavy (non-hydrogen) atoms. The standard InChI is InChI=1S/C21H21N3O3S/c1-12-9-14(3)20-16(10-12)13(2)11-19(23-20)28-15(4)21(25)22-17-7-5-6-8-18(17)24(26)27/h5-11,15H,1-4H3,(H,22,25)/t15-/m1/s1. The molecule has 2 aromatic carbocycles. The fourth-order valence-electron chi connectivity index (χ4n) is 3.08. The molecule has 0 unspecified atom stereocenters. The summed E-state index contributed by atoms with van der Waals surface area (Å²) in [6, 6.07) is 12.3. The second kappa shape index (κ2) is 7.98. The second-order valence-electron chi connectivity index (χ2n) is 6.78. The maximum atomic E-state index is 12.6. The summed E-state index contributed by atoms with van der Waals surface area (Å²) in [5.41, 5.74) is 4.38. The van der Waals surface area contributed by atoms with E-state index in [1.807, 2.05) is 19.9 Å². The summed E-state index contributed by atoms with van der Waals surface area (Å²) in [5.74, 6) is -0.306. The van der Waals surface area contributed by atoms with Crippen LogP contribution < -0.4 is 5.32 Å². The summed E-state index contributed by atoms with van der Waals surface area (Å²) in [6.07, 6.45) is 0. The molecule has 1 amide bonds. The van der Waals surface area contributed by atoms with Crippen LogP contribution >= 0.6 is 11.8 Å². The largest absolute Gasteiger partial charge is 0.319 e. The number of aryl methyl sites for hydroxylation is 3. The molecule has 0 spiro atoms. The zero-order valence-electron chi connectivity index (χ0n) is 16.1. The van der Waals surface area contributed by atoms with E-state index >= 15 is 0 Å². The van der Waals surface area contributed by atoms with Crippen molar-refractivity contribution in [1.82, 2.24) is 4.98 Å². The van der Waals surface area contributed by atoms with Gasteiger partial charge in [0.05, 0.1) is 20.7 Å². The number of aromatic nitrogens is 1. The van der Waals surface area contributed by atoms with Crippen LogP contribution in [-0.2, 0) is 4.79 Å². The summed E-state index contributed by atoms with van der Waals surface area (Å²) in [4.78, 5) is 27.9. The smallest absolute Gasteiger partial charge is 0.292 e. The van der Waals surface area contributed by atoms with Crippen molar-refractivity contribution in [2.45, 2.75) is 38.0 Å². The normalized spacial score (nSPS) is 12.0. The van der Waals surface area contributed by atoms with E-state index in [0.29, 0.717) is 0 Å². The molecule has 0 aliphatic rings. The number of amides is 1. The topological polar surface area (TPSA) is 85.1 Å². The van der Waals surface area contributed by atoms with Crippen LogP contribution in [0.2, 0.25) is 0 Å². The predicted octanol–water partition coefficient (Wildman–Crippen LogP) is 5.19. The highest BCUT2D eigenvalue weighted by Crippen LogP contribution is 2.30. The number of fused-ring (bicyclic) bond motifs is 1. The number of rotatable bonds is 5. The number of pyridine rings is 1. The minimum absolute atomic E-state index is 0.126. The minimum atomic E-state index is -0.508. The van der Waals surface area contributed by atoms with E-state index in [4.69, 9.17) is 4.98 Å². The van der Waals surface area contributed by atoms with Crippen LogP contribution in [0, 0.1) is 30.9 Å². The number of hydrogen-bond acceptors (Lipinski definition) is 5. The van der Waals surface area contributed by atoms with Crippen molar-refractivity contribution in [3.05, 3.63) is 69.3 Å². The van der Waals surface area contributed by atoms with Crippen molar-refractivity contribution < 1.29 is 9.72 Å². The van der Waals surface area contributed by atoms with Crippen LogP contribution in [0.1, 0.15) is 23.6 Å². The average Bonchev–Trinajstić information content (AvgIpc) is 2.63. The molecule has 1 heterocycles. The Bertz CT molecular complexity index is 1080. The maximum absolute atomic E-state index is 12.6. The summed E-state index contributed by atoms with van der Waals surface area (Å²) in [5, 5.41) is 15.2. The van der Waals surface area contributed by atoms with E-state index in [1.165, 1.54) is 29.5 Å². The Morgan fingerprint density at radius 2 is 1.86 bits per heavy atom. The van der Waals surface area contributed by atoms with Gasteiger partial charge in [-0.25, -0.2) is 4.98 Å². The lowest BCUT2D eigenvalue weighted by Crippen LogP contribution is -2.23. The van der Waals surface area contributed by atoms with Gasteiger partial charge in [0.1, 0.15) is 5.69 Å². The fraction of sp³-hybridized carbons (Fsp3) is 0.238. The average molecular weight is 395 g/mol. The van der Waals surface area contributed by atoms with Gasteiger partial charge in [-0.2, -0.15) is 0 Å². The molecule has 0 fully saturated rings. The number of nitrogens with one attached hydrogen (secondary N) is 1. The number of carbonyl (C=O) groups is 1. The van der Waals surface area contributed by atoms with E-state index in [1.54, 1.807) is 19.1 Å². The van der Waals surface area contributed by atoms with Gasteiger partial charge in [0.25, 0.3) is 5.69 Å². The molecule has 7 heteroatoms. The van der Waals surface area contributed by atoms with Gasteiger partial charge in [-0.3, -0.25) is 14.9 Å². The van der Waals surface area contributed by atoms with E-state index in [9.17, 15) is 14.9 Å². The molecular weight excluding hydrogens is 374 g/mol. The van der Waals surface area contributed by atoms with Gasteiger partial charge in [-0.1, -0.05) is 35.5 Å². The van der Waals surface area contributed by atoms with Gasteiger partial charge in [0.15, 0.2) is 0 Å². The molecule has 1 N–H and O–H groups in total. The van der Waals surface area contributed by atoms with Crippen LogP contribution in [0.25, 0.3) is 10.9 Å². The molecule has 144 valence electrons. The SMILES string of the molecule is Cc1cc(C)c2nc(S[C@H](C)C(=O)Nc3ccccc3[N+](=O)[O-])cc(C)c2c1. The summed E-state index contributed by atoms with van der Waals surface area (Å²) in [7, 11) is 0. The minimum Gasteiger partial charge on any atom is -0.319 e. The van der Waals surface area contributed by atoms with Crippen LogP contribution in [0.3, 0.4) is 0 Å². The third-order valence-corrected chi connectivity index (χ3v) is 5.48. The Hall–Kier alpha value is -2.93. The number of nitro groups is 1. The molecule has 0 aliphatic carbocycles. The number of nitrogens with zero attached hydrogens (tertiary/aromatic N) is 2. The molecule has 3 rings (SSSR count). The number of nitro benzene ring substituents is 1. The third kappa shape index (κ3) is 4.14. The summed E-state index contributed by atoms with van der Waals surface area (Å²) in [6.45, 7) is 7.88. The lowest BCUT2D eigenvalue weighted by atomic mass is 10.0. The molecule has 0 bridgehead atoms. The molecule has 0 radical (unpaired) electrons. The van der Waals surface area contributed by atoms with E-state index < -0.39 is 10.2 Å². The number of hydrogen-bond donors (Lipinski definition) is 1. The predicted molar refractivity (Wildman–Crippen MR) is 113 cm³/mol. The zero-order valence-corrected chi connectivity index (χ0v) is 17.0.